The van der Waals surface area contributed by atoms with Crippen LogP contribution in [0.15, 0.2) is 0 Å². The molecule has 1 aliphatic carbocycles. The maximum Gasteiger partial charge on any atom is 0.163 e. The minimum absolute atomic E-state index is 0.0926. The molecule has 0 aromatic heterocycles. The van der Waals surface area contributed by atoms with Crippen molar-refractivity contribution in [2.45, 2.75) is 52.1 Å². The van der Waals surface area contributed by atoms with Crippen LogP contribution in [-0.4, -0.2) is 31.7 Å². The molecule has 3 nitrogen and oxygen atoms in total. The Balaban J connectivity index is 1.67. The number of carbonyl (C=O) groups excluding carboxylic acids is 1. The molecular formula is C14H24O3. The van der Waals surface area contributed by atoms with Crippen molar-refractivity contribution in [1.82, 2.24) is 0 Å². The monoisotopic (exact) mass is 240 g/mol. The maximum atomic E-state index is 11.8. The molecule has 98 valence electrons. The van der Waals surface area contributed by atoms with Gasteiger partial charge in [-0.3, -0.25) is 4.79 Å². The zero-order chi connectivity index (χ0) is 12.3. The predicted molar refractivity (Wildman–Crippen MR) is 65.9 cm³/mol. The first-order valence-electron chi connectivity index (χ1n) is 6.79. The fourth-order valence-corrected chi connectivity index (χ4v) is 2.65. The zero-order valence-electron chi connectivity index (χ0n) is 11.0. The van der Waals surface area contributed by atoms with Gasteiger partial charge in [0.1, 0.15) is 6.61 Å². The lowest BCUT2D eigenvalue weighted by Gasteiger charge is -2.34. The van der Waals surface area contributed by atoms with Gasteiger partial charge in [-0.2, -0.15) is 0 Å². The molecule has 1 saturated heterocycles. The van der Waals surface area contributed by atoms with Gasteiger partial charge >= 0.3 is 0 Å². The van der Waals surface area contributed by atoms with Crippen molar-refractivity contribution in [2.24, 2.45) is 11.3 Å². The second-order valence-corrected chi connectivity index (χ2v) is 6.20. The Hall–Kier alpha value is -0.410. The van der Waals surface area contributed by atoms with Crippen molar-refractivity contribution >= 4 is 5.78 Å². The van der Waals surface area contributed by atoms with Crippen molar-refractivity contribution in [1.29, 1.82) is 0 Å². The molecular weight excluding hydrogens is 216 g/mol. The molecule has 3 heteroatoms. The highest BCUT2D eigenvalue weighted by molar-refractivity contribution is 5.82. The summed E-state index contributed by atoms with van der Waals surface area (Å²) in [5.41, 5.74) is 0.461. The van der Waals surface area contributed by atoms with Gasteiger partial charge in [0, 0.05) is 12.5 Å². The van der Waals surface area contributed by atoms with E-state index in [1.807, 2.05) is 0 Å². The van der Waals surface area contributed by atoms with Crippen molar-refractivity contribution < 1.29 is 14.3 Å². The van der Waals surface area contributed by atoms with Crippen LogP contribution in [0, 0.1) is 11.3 Å². The van der Waals surface area contributed by atoms with E-state index in [-0.39, 0.29) is 11.7 Å². The van der Waals surface area contributed by atoms with Crippen molar-refractivity contribution in [3.05, 3.63) is 0 Å². The van der Waals surface area contributed by atoms with Crippen LogP contribution in [0.5, 0.6) is 0 Å². The number of ketones is 1. The topological polar surface area (TPSA) is 35.5 Å². The van der Waals surface area contributed by atoms with Crippen LogP contribution in [-0.2, 0) is 14.3 Å². The fraction of sp³-hybridized carbons (Fsp3) is 0.929. The molecule has 0 N–H and O–H groups in total. The van der Waals surface area contributed by atoms with E-state index in [1.165, 1.54) is 12.8 Å². The first-order valence-corrected chi connectivity index (χ1v) is 6.79. The summed E-state index contributed by atoms with van der Waals surface area (Å²) in [7, 11) is 0. The van der Waals surface area contributed by atoms with Gasteiger partial charge < -0.3 is 9.47 Å². The van der Waals surface area contributed by atoms with E-state index in [9.17, 15) is 4.79 Å². The number of Topliss-reactive ketones (excluding diaryl/α,β-unsaturated/α-hetero) is 1. The van der Waals surface area contributed by atoms with Crippen molar-refractivity contribution in [2.75, 3.05) is 19.8 Å². The van der Waals surface area contributed by atoms with Crippen LogP contribution in [0.25, 0.3) is 0 Å². The third kappa shape index (κ3) is 3.78. The Morgan fingerprint density at radius 1 is 1.29 bits per heavy atom. The lowest BCUT2D eigenvalue weighted by Crippen LogP contribution is -2.29. The van der Waals surface area contributed by atoms with E-state index >= 15 is 0 Å². The minimum atomic E-state index is 0.0926. The maximum absolute atomic E-state index is 11.8. The largest absolute Gasteiger partial charge is 0.381 e. The number of rotatable bonds is 4. The summed E-state index contributed by atoms with van der Waals surface area (Å²) < 4.78 is 11.0. The summed E-state index contributed by atoms with van der Waals surface area (Å²) in [4.78, 5) is 11.8. The van der Waals surface area contributed by atoms with E-state index < -0.39 is 0 Å². The first kappa shape index (κ1) is 13.0. The lowest BCUT2D eigenvalue weighted by molar-refractivity contribution is -0.130. The minimum Gasteiger partial charge on any atom is -0.381 e. The van der Waals surface area contributed by atoms with E-state index in [1.54, 1.807) is 0 Å². The van der Waals surface area contributed by atoms with E-state index in [0.717, 1.165) is 25.9 Å². The molecule has 2 aliphatic rings. The Morgan fingerprint density at radius 3 is 2.59 bits per heavy atom. The number of hydrogen-bond acceptors (Lipinski definition) is 3. The molecule has 1 saturated carbocycles. The molecule has 0 radical (unpaired) electrons. The fourth-order valence-electron chi connectivity index (χ4n) is 2.65. The average Bonchev–Trinajstić information content (AvgIpc) is 2.80. The van der Waals surface area contributed by atoms with Crippen LogP contribution in [0.1, 0.15) is 46.0 Å². The van der Waals surface area contributed by atoms with Gasteiger partial charge in [0.2, 0.25) is 0 Å². The quantitative estimate of drug-likeness (QED) is 0.757. The standard InChI is InChI=1S/C14H24O3/c1-14(2)6-3-12(4-7-14)17-10-13(15)11-5-8-16-9-11/h11-12H,3-10H2,1-2H3. The highest BCUT2D eigenvalue weighted by Gasteiger charge is 2.29. The molecule has 0 spiro atoms. The zero-order valence-corrected chi connectivity index (χ0v) is 11.0. The van der Waals surface area contributed by atoms with E-state index in [2.05, 4.69) is 13.8 Å². The smallest absolute Gasteiger partial charge is 0.163 e. The normalized spacial score (nSPS) is 29.4. The Kier molecular flexibility index (Phi) is 4.21. The highest BCUT2D eigenvalue weighted by Crippen LogP contribution is 2.36. The molecule has 1 atom stereocenters. The van der Waals surface area contributed by atoms with Crippen molar-refractivity contribution in [3.63, 3.8) is 0 Å². The Labute approximate surface area is 104 Å². The van der Waals surface area contributed by atoms with Gasteiger partial charge in [0.15, 0.2) is 5.78 Å². The van der Waals surface area contributed by atoms with Gasteiger partial charge in [0.05, 0.1) is 12.7 Å². The summed E-state index contributed by atoms with van der Waals surface area (Å²) in [6.07, 6.45) is 5.79. The summed E-state index contributed by atoms with van der Waals surface area (Å²) in [6.45, 7) is 6.24. The van der Waals surface area contributed by atoms with Crippen LogP contribution in [0.2, 0.25) is 0 Å². The molecule has 2 fully saturated rings. The number of ether oxygens (including phenoxy) is 2. The molecule has 17 heavy (non-hydrogen) atoms. The summed E-state index contributed by atoms with van der Waals surface area (Å²) in [5.74, 6) is 0.322. The van der Waals surface area contributed by atoms with Crippen LogP contribution >= 0.6 is 0 Å². The molecule has 1 heterocycles. The van der Waals surface area contributed by atoms with Crippen molar-refractivity contribution in [3.8, 4) is 0 Å². The third-order valence-electron chi connectivity index (χ3n) is 4.13. The molecule has 0 amide bonds. The molecule has 1 aliphatic heterocycles. The van der Waals surface area contributed by atoms with Gasteiger partial charge in [0.25, 0.3) is 0 Å². The van der Waals surface area contributed by atoms with Gasteiger partial charge in [-0.15, -0.1) is 0 Å². The highest BCUT2D eigenvalue weighted by atomic mass is 16.5. The SMILES string of the molecule is CC1(C)CCC(OCC(=O)C2CCOC2)CC1. The molecule has 2 rings (SSSR count). The second kappa shape index (κ2) is 5.49. The number of carbonyl (C=O) groups is 1. The predicted octanol–water partition coefficient (Wildman–Crippen LogP) is 2.58. The van der Waals surface area contributed by atoms with Crippen LogP contribution in [0.4, 0.5) is 0 Å². The second-order valence-electron chi connectivity index (χ2n) is 6.20. The lowest BCUT2D eigenvalue weighted by atomic mass is 9.76. The summed E-state index contributed by atoms with van der Waals surface area (Å²) >= 11 is 0. The van der Waals surface area contributed by atoms with Gasteiger partial charge in [-0.05, 0) is 37.5 Å². The molecule has 0 aromatic carbocycles. The first-order chi connectivity index (χ1) is 8.07. The summed E-state index contributed by atoms with van der Waals surface area (Å²) in [6, 6.07) is 0. The van der Waals surface area contributed by atoms with Crippen LogP contribution in [0.3, 0.4) is 0 Å². The van der Waals surface area contributed by atoms with Crippen LogP contribution < -0.4 is 0 Å². The molecule has 0 bridgehead atoms. The third-order valence-corrected chi connectivity index (χ3v) is 4.13. The van der Waals surface area contributed by atoms with E-state index in [4.69, 9.17) is 9.47 Å². The van der Waals surface area contributed by atoms with Gasteiger partial charge in [-0.25, -0.2) is 0 Å². The number of hydrogen-bond donors (Lipinski definition) is 0. The van der Waals surface area contributed by atoms with E-state index in [0.29, 0.717) is 24.7 Å². The molecule has 1 unspecified atom stereocenters. The Bertz CT molecular complexity index is 257. The molecule has 0 aromatic rings. The average molecular weight is 240 g/mol. The van der Waals surface area contributed by atoms with Gasteiger partial charge in [-0.1, -0.05) is 13.8 Å². The Morgan fingerprint density at radius 2 is 2.00 bits per heavy atom. The summed E-state index contributed by atoms with van der Waals surface area (Å²) in [5, 5.41) is 0.